The van der Waals surface area contributed by atoms with Crippen LogP contribution in [0.4, 0.5) is 0 Å². The summed E-state index contributed by atoms with van der Waals surface area (Å²) in [5, 5.41) is 10.7. The summed E-state index contributed by atoms with van der Waals surface area (Å²) in [5.74, 6) is 0.387. The first-order chi connectivity index (χ1) is 12.2. The van der Waals surface area contributed by atoms with E-state index < -0.39 is 0 Å². The van der Waals surface area contributed by atoms with E-state index in [9.17, 15) is 5.11 Å². The molecule has 1 heterocycles. The van der Waals surface area contributed by atoms with E-state index >= 15 is 0 Å². The summed E-state index contributed by atoms with van der Waals surface area (Å²) in [6, 6.07) is 16.6. The number of aromatic hydroxyl groups is 1. The molecule has 1 N–H and O–H groups in total. The molecular formula is C23H29NO. The molecule has 1 saturated heterocycles. The van der Waals surface area contributed by atoms with Crippen LogP contribution in [0.2, 0.25) is 0 Å². The summed E-state index contributed by atoms with van der Waals surface area (Å²) in [5.41, 5.74) is 3.23. The summed E-state index contributed by atoms with van der Waals surface area (Å²) in [6.07, 6.45) is 6.41. The van der Waals surface area contributed by atoms with Crippen LogP contribution >= 0.6 is 0 Å². The average Bonchev–Trinajstić information content (AvgIpc) is 3.15. The lowest BCUT2D eigenvalue weighted by molar-refractivity contribution is 0.294. The second kappa shape index (κ2) is 7.88. The molecule has 0 amide bonds. The SMILES string of the molecule is C=CCC(CCN1CCCC1)(c1ccccc1)c1cc(C)ccc1O. The molecule has 0 aromatic heterocycles. The van der Waals surface area contributed by atoms with Gasteiger partial charge in [0, 0.05) is 11.0 Å². The van der Waals surface area contributed by atoms with Crippen molar-refractivity contribution in [1.82, 2.24) is 4.90 Å². The maximum Gasteiger partial charge on any atom is 0.119 e. The van der Waals surface area contributed by atoms with Crippen LogP contribution in [0.5, 0.6) is 5.75 Å². The number of aryl methyl sites for hydroxylation is 1. The van der Waals surface area contributed by atoms with Gasteiger partial charge in [-0.2, -0.15) is 0 Å². The highest BCUT2D eigenvalue weighted by atomic mass is 16.3. The third-order valence-corrected chi connectivity index (χ3v) is 5.54. The number of nitrogens with zero attached hydrogens (tertiary/aromatic N) is 1. The molecule has 0 aliphatic carbocycles. The van der Waals surface area contributed by atoms with Gasteiger partial charge < -0.3 is 10.0 Å². The van der Waals surface area contributed by atoms with E-state index in [4.69, 9.17) is 0 Å². The Bertz CT molecular complexity index is 703. The van der Waals surface area contributed by atoms with E-state index in [1.807, 2.05) is 18.2 Å². The lowest BCUT2D eigenvalue weighted by Crippen LogP contribution is -2.33. The Morgan fingerprint density at radius 3 is 2.52 bits per heavy atom. The van der Waals surface area contributed by atoms with E-state index in [-0.39, 0.29) is 5.41 Å². The number of likely N-dealkylation sites (tertiary alicyclic amines) is 1. The first-order valence-corrected chi connectivity index (χ1v) is 9.34. The predicted octanol–water partition coefficient (Wildman–Crippen LogP) is 5.05. The van der Waals surface area contributed by atoms with Crippen molar-refractivity contribution in [3.05, 3.63) is 77.9 Å². The first kappa shape index (κ1) is 17.8. The van der Waals surface area contributed by atoms with Crippen LogP contribution in [0.25, 0.3) is 0 Å². The zero-order chi connectivity index (χ0) is 17.7. The number of rotatable bonds is 7. The molecule has 3 rings (SSSR count). The number of phenolic OH excluding ortho intramolecular Hbond substituents is 1. The minimum Gasteiger partial charge on any atom is -0.508 e. The van der Waals surface area contributed by atoms with Crippen molar-refractivity contribution in [2.24, 2.45) is 0 Å². The lowest BCUT2D eigenvalue weighted by atomic mass is 9.69. The Balaban J connectivity index is 2.06. The van der Waals surface area contributed by atoms with Gasteiger partial charge in [-0.15, -0.1) is 6.58 Å². The van der Waals surface area contributed by atoms with E-state index in [1.54, 1.807) is 0 Å². The summed E-state index contributed by atoms with van der Waals surface area (Å²) >= 11 is 0. The molecule has 1 unspecified atom stereocenters. The van der Waals surface area contributed by atoms with Gasteiger partial charge in [-0.05, 0) is 63.9 Å². The Morgan fingerprint density at radius 2 is 1.84 bits per heavy atom. The minimum atomic E-state index is -0.234. The average molecular weight is 335 g/mol. The monoisotopic (exact) mass is 335 g/mol. The van der Waals surface area contributed by atoms with E-state index in [0.29, 0.717) is 5.75 Å². The number of hydrogen-bond donors (Lipinski definition) is 1. The van der Waals surface area contributed by atoms with Crippen LogP contribution in [-0.2, 0) is 5.41 Å². The van der Waals surface area contributed by atoms with Gasteiger partial charge in [0.05, 0.1) is 0 Å². The minimum absolute atomic E-state index is 0.234. The molecule has 1 aliphatic heterocycles. The number of phenols is 1. The molecule has 2 aromatic rings. The van der Waals surface area contributed by atoms with Crippen LogP contribution < -0.4 is 0 Å². The molecule has 2 heteroatoms. The normalized spacial score (nSPS) is 17.3. The fraction of sp³-hybridized carbons (Fsp3) is 0.391. The molecule has 1 aliphatic rings. The molecule has 1 atom stereocenters. The zero-order valence-corrected chi connectivity index (χ0v) is 15.2. The molecule has 1 fully saturated rings. The Labute approximate surface area is 151 Å². The van der Waals surface area contributed by atoms with Gasteiger partial charge in [-0.25, -0.2) is 0 Å². The van der Waals surface area contributed by atoms with Gasteiger partial charge in [0.15, 0.2) is 0 Å². The fourth-order valence-electron chi connectivity index (χ4n) is 4.16. The van der Waals surface area contributed by atoms with Crippen molar-refractivity contribution >= 4 is 0 Å². The third kappa shape index (κ3) is 3.80. The van der Waals surface area contributed by atoms with Crippen molar-refractivity contribution in [1.29, 1.82) is 0 Å². The maximum atomic E-state index is 10.7. The molecule has 0 spiro atoms. The summed E-state index contributed by atoms with van der Waals surface area (Å²) < 4.78 is 0. The Kier molecular flexibility index (Phi) is 5.60. The van der Waals surface area contributed by atoms with E-state index in [0.717, 1.165) is 24.9 Å². The van der Waals surface area contributed by atoms with Crippen molar-refractivity contribution in [2.75, 3.05) is 19.6 Å². The second-order valence-electron chi connectivity index (χ2n) is 7.26. The van der Waals surface area contributed by atoms with Crippen molar-refractivity contribution in [3.63, 3.8) is 0 Å². The summed E-state index contributed by atoms with van der Waals surface area (Å²) in [4.78, 5) is 2.55. The molecule has 2 aromatic carbocycles. The van der Waals surface area contributed by atoms with Crippen molar-refractivity contribution in [3.8, 4) is 5.75 Å². The van der Waals surface area contributed by atoms with Crippen molar-refractivity contribution < 1.29 is 5.11 Å². The fourth-order valence-corrected chi connectivity index (χ4v) is 4.16. The molecule has 0 radical (unpaired) electrons. The highest BCUT2D eigenvalue weighted by Gasteiger charge is 2.35. The number of benzene rings is 2. The van der Waals surface area contributed by atoms with Crippen LogP contribution in [0.3, 0.4) is 0 Å². The standard InChI is InChI=1S/C23H29NO/c1-3-13-23(20-9-5-4-6-10-20,14-17-24-15-7-8-16-24)21-18-19(2)11-12-22(21)25/h3-6,9-12,18,25H,1,7-8,13-17H2,2H3. The molecule has 0 bridgehead atoms. The quantitative estimate of drug-likeness (QED) is 0.716. The molecule has 0 saturated carbocycles. The first-order valence-electron chi connectivity index (χ1n) is 9.34. The number of hydrogen-bond acceptors (Lipinski definition) is 2. The topological polar surface area (TPSA) is 23.5 Å². The Morgan fingerprint density at radius 1 is 1.12 bits per heavy atom. The largest absolute Gasteiger partial charge is 0.508 e. The summed E-state index contributed by atoms with van der Waals surface area (Å²) in [6.45, 7) is 9.56. The van der Waals surface area contributed by atoms with Crippen LogP contribution in [0.15, 0.2) is 61.2 Å². The van der Waals surface area contributed by atoms with Crippen molar-refractivity contribution in [2.45, 2.75) is 38.0 Å². The lowest BCUT2D eigenvalue weighted by Gasteiger charge is -2.36. The van der Waals surface area contributed by atoms with Gasteiger partial charge in [0.25, 0.3) is 0 Å². The van der Waals surface area contributed by atoms with Crippen LogP contribution in [-0.4, -0.2) is 29.6 Å². The van der Waals surface area contributed by atoms with Crippen LogP contribution in [0.1, 0.15) is 42.4 Å². The predicted molar refractivity (Wildman–Crippen MR) is 105 cm³/mol. The van der Waals surface area contributed by atoms with E-state index in [2.05, 4.69) is 54.8 Å². The van der Waals surface area contributed by atoms with Gasteiger partial charge in [-0.3, -0.25) is 0 Å². The zero-order valence-electron chi connectivity index (χ0n) is 15.2. The highest BCUT2D eigenvalue weighted by Crippen LogP contribution is 2.44. The highest BCUT2D eigenvalue weighted by molar-refractivity contribution is 5.48. The maximum absolute atomic E-state index is 10.7. The van der Waals surface area contributed by atoms with Gasteiger partial charge in [-0.1, -0.05) is 54.1 Å². The third-order valence-electron chi connectivity index (χ3n) is 5.54. The number of allylic oxidation sites excluding steroid dienone is 1. The van der Waals surface area contributed by atoms with E-state index in [1.165, 1.54) is 37.1 Å². The molecule has 132 valence electrons. The van der Waals surface area contributed by atoms with Gasteiger partial charge in [0.2, 0.25) is 0 Å². The molecule has 2 nitrogen and oxygen atoms in total. The van der Waals surface area contributed by atoms with Gasteiger partial charge >= 0.3 is 0 Å². The smallest absolute Gasteiger partial charge is 0.119 e. The Hall–Kier alpha value is -2.06. The van der Waals surface area contributed by atoms with Gasteiger partial charge in [0.1, 0.15) is 5.75 Å². The second-order valence-corrected chi connectivity index (χ2v) is 7.26. The van der Waals surface area contributed by atoms with Crippen LogP contribution in [0, 0.1) is 6.92 Å². The summed E-state index contributed by atoms with van der Waals surface area (Å²) in [7, 11) is 0. The molecular weight excluding hydrogens is 306 g/mol. The molecule has 25 heavy (non-hydrogen) atoms.